The van der Waals surface area contributed by atoms with Gasteiger partial charge in [0.2, 0.25) is 0 Å². The summed E-state index contributed by atoms with van der Waals surface area (Å²) in [5.41, 5.74) is 0. The maximum atomic E-state index is 12.8. The zero-order valence-electron chi connectivity index (χ0n) is 51.2. The van der Waals surface area contributed by atoms with Crippen molar-refractivity contribution < 1.29 is 42.1 Å². The maximum Gasteiger partial charge on any atom is 0.306 e. The number of rotatable bonds is 55. The first-order valence-corrected chi connectivity index (χ1v) is 32.7. The number of nitrogens with zero attached hydrogens (tertiary/aromatic N) is 1. The smallest absolute Gasteiger partial charge is 0.306 e. The predicted molar refractivity (Wildman–Crippen MR) is 341 cm³/mol. The van der Waals surface area contributed by atoms with E-state index in [0.717, 1.165) is 122 Å². The van der Waals surface area contributed by atoms with Crippen molar-refractivity contribution in [2.45, 2.75) is 225 Å². The first kappa shape index (κ1) is 75.6. The van der Waals surface area contributed by atoms with Gasteiger partial charge in [0, 0.05) is 12.8 Å². The van der Waals surface area contributed by atoms with E-state index in [0.29, 0.717) is 23.9 Å². The van der Waals surface area contributed by atoms with Gasteiger partial charge in [-0.1, -0.05) is 236 Å². The molecule has 0 aliphatic heterocycles. The Morgan fingerprint density at radius 1 is 0.400 bits per heavy atom. The number of hydrogen-bond donors (Lipinski definition) is 0. The van der Waals surface area contributed by atoms with Gasteiger partial charge in [0.25, 0.3) is 7.82 Å². The van der Waals surface area contributed by atoms with E-state index < -0.39 is 32.5 Å². The van der Waals surface area contributed by atoms with Crippen molar-refractivity contribution in [3.8, 4) is 0 Å². The van der Waals surface area contributed by atoms with Crippen LogP contribution in [0.5, 0.6) is 0 Å². The van der Waals surface area contributed by atoms with Crippen molar-refractivity contribution in [3.63, 3.8) is 0 Å². The number of unbranched alkanes of at least 4 members (excludes halogenated alkanes) is 15. The molecule has 0 bridgehead atoms. The number of carbonyl (C=O) groups is 2. The van der Waals surface area contributed by atoms with Crippen LogP contribution in [0.1, 0.15) is 219 Å². The van der Waals surface area contributed by atoms with E-state index in [9.17, 15) is 19.0 Å². The van der Waals surface area contributed by atoms with E-state index in [2.05, 4.69) is 172 Å². The molecule has 0 rings (SSSR count). The van der Waals surface area contributed by atoms with Crippen molar-refractivity contribution in [1.82, 2.24) is 0 Å². The number of carbonyl (C=O) groups excluding carboxylic acids is 2. The molecule has 2 atom stereocenters. The van der Waals surface area contributed by atoms with Crippen molar-refractivity contribution in [2.75, 3.05) is 47.5 Å². The lowest BCUT2D eigenvalue weighted by Gasteiger charge is -2.28. The molecule has 80 heavy (non-hydrogen) atoms. The molecule has 10 heteroatoms. The summed E-state index contributed by atoms with van der Waals surface area (Å²) < 4.78 is 34.1. The van der Waals surface area contributed by atoms with Gasteiger partial charge in [0.05, 0.1) is 27.7 Å². The SMILES string of the molecule is CC/C=C\C/C=C\C/C=C\C/C=C\C/C=C\C/C=C\C/C=C\C/C=C\C/C=C\C/C=C\C/C=C\CCCCCC(=O)OC(COC(=O)CCCCCCCCCCC/C=C\C/C=C\CCCCC)COP(=O)([O-])OCC[N+](C)(C)C. The lowest BCUT2D eigenvalue weighted by molar-refractivity contribution is -0.870. The molecule has 0 saturated carbocycles. The van der Waals surface area contributed by atoms with Crippen LogP contribution in [-0.4, -0.2) is 70.0 Å². The van der Waals surface area contributed by atoms with Gasteiger partial charge < -0.3 is 27.9 Å². The summed E-state index contributed by atoms with van der Waals surface area (Å²) in [7, 11) is 1.12. The van der Waals surface area contributed by atoms with Crippen LogP contribution in [0, 0.1) is 0 Å². The molecule has 0 aromatic carbocycles. The number of quaternary nitrogens is 1. The first-order chi connectivity index (χ1) is 39.0. The molecule has 0 aliphatic rings. The Kier molecular flexibility index (Phi) is 56.0. The number of likely N-dealkylation sites (N-methyl/N-ethyl adjacent to an activating group) is 1. The zero-order chi connectivity index (χ0) is 58.4. The van der Waals surface area contributed by atoms with Gasteiger partial charge >= 0.3 is 11.9 Å². The standard InChI is InChI=1S/C70H114NO8P/c1-6-8-10-12-14-16-18-20-22-24-26-27-28-29-30-31-32-33-34-35-36-37-38-39-40-41-42-43-45-47-49-51-53-55-57-59-61-63-70(73)79-68(67-78-80(74,75)77-65-64-71(3,4)5)66-76-69(72)62-60-58-56-54-52-50-48-46-44-25-23-21-19-17-15-13-11-9-7-2/h8,10,14-17,20-23,26-27,29-30,32-33,35-36,38-39,41-42,45,47,51,53,68H,6-7,9,11-13,18-19,24-25,28,31,34,37,40,43-44,46,48-50,52,54-67H2,1-5H3/b10-8-,16-14-,17-15-,22-20-,23-21-,27-26-,30-29-,33-32-,36-35-,39-38-,42-41-,47-45-,53-51-. The third-order valence-corrected chi connectivity index (χ3v) is 13.5. The fourth-order valence-electron chi connectivity index (χ4n) is 7.75. The van der Waals surface area contributed by atoms with Crippen molar-refractivity contribution in [2.24, 2.45) is 0 Å². The highest BCUT2D eigenvalue weighted by molar-refractivity contribution is 7.45. The topological polar surface area (TPSA) is 111 Å². The van der Waals surface area contributed by atoms with Crippen molar-refractivity contribution in [1.29, 1.82) is 0 Å². The normalized spacial score (nSPS) is 14.3. The highest BCUT2D eigenvalue weighted by Gasteiger charge is 2.21. The quantitative estimate of drug-likeness (QED) is 0.0195. The largest absolute Gasteiger partial charge is 0.756 e. The number of phosphoric ester groups is 1. The van der Waals surface area contributed by atoms with Gasteiger partial charge in [-0.15, -0.1) is 0 Å². The van der Waals surface area contributed by atoms with Crippen molar-refractivity contribution >= 4 is 19.8 Å². The number of hydrogen-bond acceptors (Lipinski definition) is 8. The Morgan fingerprint density at radius 3 is 1.07 bits per heavy atom. The minimum absolute atomic E-state index is 0.0470. The third kappa shape index (κ3) is 62.8. The average Bonchev–Trinajstić information content (AvgIpc) is 3.42. The highest BCUT2D eigenvalue weighted by atomic mass is 31.2. The van der Waals surface area contributed by atoms with Gasteiger partial charge in [0.1, 0.15) is 19.8 Å². The molecule has 0 aromatic rings. The molecule has 2 unspecified atom stereocenters. The lowest BCUT2D eigenvalue weighted by Crippen LogP contribution is -2.37. The van der Waals surface area contributed by atoms with E-state index >= 15 is 0 Å². The molecule has 0 aliphatic carbocycles. The molecule has 0 N–H and O–H groups in total. The van der Waals surface area contributed by atoms with E-state index in [1.54, 1.807) is 0 Å². The zero-order valence-corrected chi connectivity index (χ0v) is 52.1. The van der Waals surface area contributed by atoms with Crippen molar-refractivity contribution in [3.05, 3.63) is 158 Å². The summed E-state index contributed by atoms with van der Waals surface area (Å²) in [6.45, 7) is 4.04. The summed E-state index contributed by atoms with van der Waals surface area (Å²) >= 11 is 0. The van der Waals surface area contributed by atoms with Gasteiger partial charge in [0.15, 0.2) is 6.10 Å². The second-order valence-corrected chi connectivity index (χ2v) is 22.7. The minimum Gasteiger partial charge on any atom is -0.756 e. The number of ether oxygens (including phenoxy) is 2. The predicted octanol–water partition coefficient (Wildman–Crippen LogP) is 19.4. The van der Waals surface area contributed by atoms with E-state index in [1.807, 2.05) is 21.1 Å². The molecule has 0 radical (unpaired) electrons. The van der Waals surface area contributed by atoms with Gasteiger partial charge in [-0.3, -0.25) is 14.2 Å². The summed E-state index contributed by atoms with van der Waals surface area (Å²) in [6.07, 6.45) is 88.7. The van der Waals surface area contributed by atoms with Crippen LogP contribution in [0.3, 0.4) is 0 Å². The van der Waals surface area contributed by atoms with E-state index in [-0.39, 0.29) is 26.1 Å². The summed E-state index contributed by atoms with van der Waals surface area (Å²) in [5.74, 6) is -0.888. The molecular formula is C70H114NO8P. The third-order valence-electron chi connectivity index (χ3n) is 12.5. The number of esters is 2. The molecule has 0 aromatic heterocycles. The van der Waals surface area contributed by atoms with Gasteiger partial charge in [-0.2, -0.15) is 0 Å². The fourth-order valence-corrected chi connectivity index (χ4v) is 8.48. The van der Waals surface area contributed by atoms with Crippen LogP contribution in [0.2, 0.25) is 0 Å². The van der Waals surface area contributed by atoms with Crippen LogP contribution in [0.25, 0.3) is 0 Å². The molecule has 0 spiro atoms. The molecule has 0 fully saturated rings. The Labute approximate surface area is 490 Å². The molecule has 452 valence electrons. The highest BCUT2D eigenvalue weighted by Crippen LogP contribution is 2.38. The molecule has 9 nitrogen and oxygen atoms in total. The monoisotopic (exact) mass is 1130 g/mol. The van der Waals surface area contributed by atoms with E-state index in [4.69, 9.17) is 18.5 Å². The first-order valence-electron chi connectivity index (χ1n) is 31.2. The summed E-state index contributed by atoms with van der Waals surface area (Å²) in [5, 5.41) is 0. The van der Waals surface area contributed by atoms with Crippen LogP contribution in [-0.2, 0) is 32.7 Å². The number of phosphoric acid groups is 1. The minimum atomic E-state index is -4.66. The second-order valence-electron chi connectivity index (χ2n) is 21.3. The van der Waals surface area contributed by atoms with Crippen LogP contribution in [0.4, 0.5) is 0 Å². The van der Waals surface area contributed by atoms with Crippen LogP contribution >= 0.6 is 7.82 Å². The van der Waals surface area contributed by atoms with Crippen LogP contribution in [0.15, 0.2) is 158 Å². The molecule has 0 saturated heterocycles. The number of allylic oxidation sites excluding steroid dienone is 26. The fraction of sp³-hybridized carbons (Fsp3) is 0.600. The molecule has 0 amide bonds. The van der Waals surface area contributed by atoms with Gasteiger partial charge in [-0.25, -0.2) is 0 Å². The molecular weight excluding hydrogens is 1010 g/mol. The Balaban J connectivity index is 4.25. The summed E-state index contributed by atoms with van der Waals surface area (Å²) in [4.78, 5) is 37.9. The summed E-state index contributed by atoms with van der Waals surface area (Å²) in [6, 6.07) is 0. The van der Waals surface area contributed by atoms with Crippen LogP contribution < -0.4 is 4.89 Å². The average molecular weight is 1130 g/mol. The Bertz CT molecular complexity index is 1900. The van der Waals surface area contributed by atoms with Gasteiger partial charge in [-0.05, 0) is 128 Å². The lowest BCUT2D eigenvalue weighted by atomic mass is 10.1. The Hall–Kier alpha value is -4.37. The maximum absolute atomic E-state index is 12.8. The second kappa shape index (κ2) is 59.3. The van der Waals surface area contributed by atoms with E-state index in [1.165, 1.54) is 57.8 Å². The molecule has 0 heterocycles. The Morgan fingerprint density at radius 2 is 0.713 bits per heavy atom.